The Balaban J connectivity index is 1.68. The Labute approximate surface area is 145 Å². The minimum atomic E-state index is 0.0527. The highest BCUT2D eigenvalue weighted by atomic mass is 16.5. The van der Waals surface area contributed by atoms with Crippen LogP contribution in [0.5, 0.6) is 5.75 Å². The predicted octanol–water partition coefficient (Wildman–Crippen LogP) is 2.12. The van der Waals surface area contributed by atoms with Crippen LogP contribution in [0.25, 0.3) is 0 Å². The molecule has 0 spiro atoms. The Hall–Kier alpha value is -1.75. The number of hydrogen-bond donors (Lipinski definition) is 1. The predicted molar refractivity (Wildman–Crippen MR) is 96.6 cm³/mol. The first-order valence-electron chi connectivity index (χ1n) is 9.15. The molecule has 1 amide bonds. The number of rotatable bonds is 4. The van der Waals surface area contributed by atoms with Crippen LogP contribution in [-0.4, -0.2) is 56.2 Å². The summed E-state index contributed by atoms with van der Waals surface area (Å²) in [5.74, 6) is 1.24. The Morgan fingerprint density at radius 3 is 2.71 bits per heavy atom. The summed E-state index contributed by atoms with van der Waals surface area (Å²) in [7, 11) is 0. The van der Waals surface area contributed by atoms with E-state index in [2.05, 4.69) is 28.4 Å². The summed E-state index contributed by atoms with van der Waals surface area (Å²) < 4.78 is 6.34. The molecular weight excluding hydrogens is 302 g/mol. The van der Waals surface area contributed by atoms with Gasteiger partial charge in [0.15, 0.2) is 0 Å². The maximum Gasteiger partial charge on any atom is 0.225 e. The standard InChI is InChI=1S/C19H29N3O2/c1-15(2)19(23)22-11-5-6-16(14-22)24-18-8-4-3-7-17(18)21-12-9-20-10-13-21/h3-4,7-8,15-16,20H,5-6,9-14H2,1-2H3/t16-/m1/s1. The summed E-state index contributed by atoms with van der Waals surface area (Å²) in [5.41, 5.74) is 1.17. The molecule has 5 heteroatoms. The van der Waals surface area contributed by atoms with Crippen LogP contribution in [0, 0.1) is 5.92 Å². The number of likely N-dealkylation sites (tertiary alicyclic amines) is 1. The number of benzene rings is 1. The molecule has 0 bridgehead atoms. The maximum absolute atomic E-state index is 12.3. The second kappa shape index (κ2) is 7.88. The first-order valence-corrected chi connectivity index (χ1v) is 9.15. The lowest BCUT2D eigenvalue weighted by molar-refractivity contribution is -0.137. The summed E-state index contributed by atoms with van der Waals surface area (Å²) in [6.45, 7) is 9.51. The molecule has 1 aromatic rings. The Morgan fingerprint density at radius 1 is 1.21 bits per heavy atom. The average Bonchev–Trinajstić information content (AvgIpc) is 2.62. The van der Waals surface area contributed by atoms with Crippen LogP contribution in [0.4, 0.5) is 5.69 Å². The van der Waals surface area contributed by atoms with Gasteiger partial charge in [0.25, 0.3) is 0 Å². The van der Waals surface area contributed by atoms with Crippen LogP contribution in [0.3, 0.4) is 0 Å². The second-order valence-corrected chi connectivity index (χ2v) is 7.03. The molecule has 2 aliphatic heterocycles. The number of para-hydroxylation sites is 2. The van der Waals surface area contributed by atoms with Crippen molar-refractivity contribution < 1.29 is 9.53 Å². The average molecular weight is 331 g/mol. The number of amides is 1. The molecule has 3 rings (SSSR count). The van der Waals surface area contributed by atoms with Crippen molar-refractivity contribution >= 4 is 11.6 Å². The van der Waals surface area contributed by atoms with Gasteiger partial charge >= 0.3 is 0 Å². The number of anilines is 1. The fourth-order valence-corrected chi connectivity index (χ4v) is 3.50. The number of hydrogen-bond acceptors (Lipinski definition) is 4. The minimum Gasteiger partial charge on any atom is -0.486 e. The normalized spacial score (nSPS) is 21.9. The molecule has 1 atom stereocenters. The van der Waals surface area contributed by atoms with Crippen LogP contribution < -0.4 is 15.0 Å². The van der Waals surface area contributed by atoms with E-state index in [1.54, 1.807) is 0 Å². The molecule has 132 valence electrons. The summed E-state index contributed by atoms with van der Waals surface area (Å²) in [5, 5.41) is 3.39. The zero-order chi connectivity index (χ0) is 16.9. The van der Waals surface area contributed by atoms with Crippen LogP contribution >= 0.6 is 0 Å². The molecule has 1 N–H and O–H groups in total. The fraction of sp³-hybridized carbons (Fsp3) is 0.632. The summed E-state index contributed by atoms with van der Waals surface area (Å²) in [6.07, 6.45) is 2.11. The topological polar surface area (TPSA) is 44.8 Å². The van der Waals surface area contributed by atoms with Crippen molar-refractivity contribution in [2.75, 3.05) is 44.2 Å². The fourth-order valence-electron chi connectivity index (χ4n) is 3.50. The highest BCUT2D eigenvalue weighted by Gasteiger charge is 2.27. The van der Waals surface area contributed by atoms with Gasteiger partial charge in [-0.3, -0.25) is 4.79 Å². The number of carbonyl (C=O) groups is 1. The number of carbonyl (C=O) groups excluding carboxylic acids is 1. The van der Waals surface area contributed by atoms with E-state index in [0.29, 0.717) is 6.54 Å². The molecule has 2 saturated heterocycles. The SMILES string of the molecule is CC(C)C(=O)N1CCC[C@@H](Oc2ccccc2N2CCNCC2)C1. The van der Waals surface area contributed by atoms with Crippen LogP contribution in [0.2, 0.25) is 0 Å². The van der Waals surface area contributed by atoms with E-state index in [0.717, 1.165) is 51.3 Å². The van der Waals surface area contributed by atoms with Crippen molar-refractivity contribution in [1.29, 1.82) is 0 Å². The monoisotopic (exact) mass is 331 g/mol. The summed E-state index contributed by atoms with van der Waals surface area (Å²) in [6, 6.07) is 8.29. The van der Waals surface area contributed by atoms with E-state index in [1.807, 2.05) is 24.8 Å². The Morgan fingerprint density at radius 2 is 1.96 bits per heavy atom. The quantitative estimate of drug-likeness (QED) is 0.918. The lowest BCUT2D eigenvalue weighted by Crippen LogP contribution is -2.46. The Kier molecular flexibility index (Phi) is 5.61. The van der Waals surface area contributed by atoms with Gasteiger partial charge in [-0.1, -0.05) is 26.0 Å². The molecule has 1 aromatic carbocycles. The highest BCUT2D eigenvalue weighted by molar-refractivity contribution is 5.78. The number of ether oxygens (including phenoxy) is 1. The molecule has 2 aliphatic rings. The van der Waals surface area contributed by atoms with Gasteiger partial charge in [-0.05, 0) is 25.0 Å². The van der Waals surface area contributed by atoms with Gasteiger partial charge in [-0.15, -0.1) is 0 Å². The van der Waals surface area contributed by atoms with E-state index in [1.165, 1.54) is 5.69 Å². The van der Waals surface area contributed by atoms with Crippen molar-refractivity contribution in [1.82, 2.24) is 10.2 Å². The van der Waals surface area contributed by atoms with E-state index in [9.17, 15) is 4.79 Å². The molecular formula is C19H29N3O2. The largest absolute Gasteiger partial charge is 0.486 e. The van der Waals surface area contributed by atoms with Gasteiger partial charge in [0.2, 0.25) is 5.91 Å². The number of nitrogens with one attached hydrogen (secondary N) is 1. The van der Waals surface area contributed by atoms with Gasteiger partial charge in [0.05, 0.1) is 12.2 Å². The van der Waals surface area contributed by atoms with Crippen molar-refractivity contribution in [3.8, 4) is 5.75 Å². The third-order valence-corrected chi connectivity index (χ3v) is 4.80. The molecule has 5 nitrogen and oxygen atoms in total. The van der Waals surface area contributed by atoms with Gasteiger partial charge < -0.3 is 19.9 Å². The smallest absolute Gasteiger partial charge is 0.225 e. The lowest BCUT2D eigenvalue weighted by Gasteiger charge is -2.35. The van der Waals surface area contributed by atoms with E-state index in [4.69, 9.17) is 4.74 Å². The summed E-state index contributed by atoms with van der Waals surface area (Å²) >= 11 is 0. The molecule has 2 fully saturated rings. The molecule has 24 heavy (non-hydrogen) atoms. The Bertz CT molecular complexity index is 555. The van der Waals surface area contributed by atoms with Gasteiger partial charge in [0.1, 0.15) is 11.9 Å². The van der Waals surface area contributed by atoms with E-state index >= 15 is 0 Å². The minimum absolute atomic E-state index is 0.0527. The zero-order valence-corrected chi connectivity index (χ0v) is 14.8. The van der Waals surface area contributed by atoms with Gasteiger partial charge in [0, 0.05) is 38.6 Å². The summed E-state index contributed by atoms with van der Waals surface area (Å²) in [4.78, 5) is 16.6. The molecule has 2 heterocycles. The first kappa shape index (κ1) is 17.1. The zero-order valence-electron chi connectivity index (χ0n) is 14.8. The van der Waals surface area contributed by atoms with Crippen molar-refractivity contribution in [2.24, 2.45) is 5.92 Å². The van der Waals surface area contributed by atoms with E-state index in [-0.39, 0.29) is 17.9 Å². The maximum atomic E-state index is 12.3. The highest BCUT2D eigenvalue weighted by Crippen LogP contribution is 2.30. The van der Waals surface area contributed by atoms with Gasteiger partial charge in [-0.2, -0.15) is 0 Å². The van der Waals surface area contributed by atoms with E-state index < -0.39 is 0 Å². The molecule has 0 radical (unpaired) electrons. The first-order chi connectivity index (χ1) is 11.6. The van der Waals surface area contributed by atoms with Crippen molar-refractivity contribution in [2.45, 2.75) is 32.8 Å². The molecule has 0 aromatic heterocycles. The van der Waals surface area contributed by atoms with Crippen LogP contribution in [-0.2, 0) is 4.79 Å². The van der Waals surface area contributed by atoms with Crippen LogP contribution in [0.1, 0.15) is 26.7 Å². The van der Waals surface area contributed by atoms with Gasteiger partial charge in [-0.25, -0.2) is 0 Å². The molecule has 0 aliphatic carbocycles. The van der Waals surface area contributed by atoms with Crippen molar-refractivity contribution in [3.05, 3.63) is 24.3 Å². The second-order valence-electron chi connectivity index (χ2n) is 7.03. The van der Waals surface area contributed by atoms with Crippen molar-refractivity contribution in [3.63, 3.8) is 0 Å². The van der Waals surface area contributed by atoms with Crippen LogP contribution in [0.15, 0.2) is 24.3 Å². The molecule has 0 unspecified atom stereocenters. The lowest BCUT2D eigenvalue weighted by atomic mass is 10.1. The third-order valence-electron chi connectivity index (χ3n) is 4.80. The number of piperidine rings is 1. The number of nitrogens with zero attached hydrogens (tertiary/aromatic N) is 2. The number of piperazine rings is 1. The molecule has 0 saturated carbocycles. The third kappa shape index (κ3) is 4.01.